The van der Waals surface area contributed by atoms with Crippen LogP contribution in [0.2, 0.25) is 0 Å². The van der Waals surface area contributed by atoms with E-state index in [0.717, 1.165) is 23.1 Å². The highest BCUT2D eigenvalue weighted by Gasteiger charge is 2.31. The van der Waals surface area contributed by atoms with Crippen molar-refractivity contribution in [3.63, 3.8) is 0 Å². The van der Waals surface area contributed by atoms with Crippen LogP contribution in [0.1, 0.15) is 26.7 Å². The van der Waals surface area contributed by atoms with Gasteiger partial charge < -0.3 is 10.4 Å². The van der Waals surface area contributed by atoms with Gasteiger partial charge in [-0.1, -0.05) is 18.7 Å². The van der Waals surface area contributed by atoms with Crippen molar-refractivity contribution in [1.82, 2.24) is 10.3 Å². The van der Waals surface area contributed by atoms with Crippen LogP contribution in [0, 0.1) is 0 Å². The predicted octanol–water partition coefficient (Wildman–Crippen LogP) is 2.47. The number of carbonyl (C=O) groups is 1. The van der Waals surface area contributed by atoms with Gasteiger partial charge in [-0.3, -0.25) is 4.79 Å². The minimum Gasteiger partial charge on any atom is -0.480 e. The molecule has 1 aromatic heterocycles. The summed E-state index contributed by atoms with van der Waals surface area (Å²) >= 11 is 3.19. The van der Waals surface area contributed by atoms with Gasteiger partial charge in [0, 0.05) is 17.3 Å². The molecular formula is C11H18N2O2S2. The van der Waals surface area contributed by atoms with Crippen LogP contribution in [0.25, 0.3) is 0 Å². The lowest BCUT2D eigenvalue weighted by Crippen LogP contribution is -2.50. The van der Waals surface area contributed by atoms with Gasteiger partial charge >= 0.3 is 5.97 Å². The first kappa shape index (κ1) is 14.5. The molecule has 0 saturated heterocycles. The maximum absolute atomic E-state index is 11.2. The Hall–Kier alpha value is -0.590. The second-order valence-corrected chi connectivity index (χ2v) is 6.20. The number of carboxylic acids is 1. The van der Waals surface area contributed by atoms with Gasteiger partial charge in [-0.2, -0.15) is 0 Å². The molecule has 0 spiro atoms. The number of thioether (sulfide) groups is 1. The topological polar surface area (TPSA) is 62.2 Å². The second kappa shape index (κ2) is 6.98. The van der Waals surface area contributed by atoms with Crippen LogP contribution in [-0.2, 0) is 4.79 Å². The molecule has 1 atom stereocenters. The van der Waals surface area contributed by atoms with E-state index < -0.39 is 11.5 Å². The maximum atomic E-state index is 11.2. The van der Waals surface area contributed by atoms with Crippen molar-refractivity contribution in [2.24, 2.45) is 0 Å². The lowest BCUT2D eigenvalue weighted by molar-refractivity contribution is -0.144. The second-order valence-electron chi connectivity index (χ2n) is 3.96. The quantitative estimate of drug-likeness (QED) is 0.713. The van der Waals surface area contributed by atoms with Crippen LogP contribution in [-0.4, -0.2) is 33.9 Å². The fourth-order valence-electron chi connectivity index (χ4n) is 1.30. The molecular weight excluding hydrogens is 256 g/mol. The average molecular weight is 274 g/mol. The van der Waals surface area contributed by atoms with Crippen LogP contribution in [0.3, 0.4) is 0 Å². The molecule has 0 fully saturated rings. The molecule has 1 heterocycles. The Bertz CT molecular complexity index is 343. The lowest BCUT2D eigenvalue weighted by Gasteiger charge is -2.25. The molecule has 2 N–H and O–H groups in total. The van der Waals surface area contributed by atoms with E-state index in [0.29, 0.717) is 6.42 Å². The van der Waals surface area contributed by atoms with Crippen molar-refractivity contribution in [2.75, 3.05) is 12.3 Å². The standard InChI is InChI=1S/C11H18N2O2S2/c1-3-5-13-11(2,9(14)15)4-7-16-10-12-6-8-17-10/h6,8,13H,3-5,7H2,1-2H3,(H,14,15). The molecule has 1 rings (SSSR count). The van der Waals surface area contributed by atoms with E-state index in [2.05, 4.69) is 10.3 Å². The largest absolute Gasteiger partial charge is 0.480 e. The molecule has 0 aliphatic rings. The van der Waals surface area contributed by atoms with E-state index in [9.17, 15) is 9.90 Å². The highest BCUT2D eigenvalue weighted by atomic mass is 32.2. The Morgan fingerprint density at radius 2 is 2.47 bits per heavy atom. The molecule has 4 nitrogen and oxygen atoms in total. The van der Waals surface area contributed by atoms with Crippen molar-refractivity contribution in [2.45, 2.75) is 36.6 Å². The summed E-state index contributed by atoms with van der Waals surface area (Å²) in [5.41, 5.74) is -0.833. The summed E-state index contributed by atoms with van der Waals surface area (Å²) in [7, 11) is 0. The molecule has 17 heavy (non-hydrogen) atoms. The van der Waals surface area contributed by atoms with Crippen molar-refractivity contribution in [3.05, 3.63) is 11.6 Å². The third-order valence-electron chi connectivity index (χ3n) is 2.47. The van der Waals surface area contributed by atoms with Gasteiger partial charge in [-0.25, -0.2) is 4.98 Å². The minimum absolute atomic E-state index is 0.590. The smallest absolute Gasteiger partial charge is 0.323 e. The first-order valence-electron chi connectivity index (χ1n) is 5.59. The number of nitrogens with zero attached hydrogens (tertiary/aromatic N) is 1. The normalized spacial score (nSPS) is 14.5. The zero-order chi connectivity index (χ0) is 12.7. The molecule has 0 aromatic carbocycles. The van der Waals surface area contributed by atoms with E-state index in [1.165, 1.54) is 0 Å². The van der Waals surface area contributed by atoms with Crippen LogP contribution < -0.4 is 5.32 Å². The van der Waals surface area contributed by atoms with Gasteiger partial charge in [0.05, 0.1) is 0 Å². The van der Waals surface area contributed by atoms with Crippen LogP contribution in [0.5, 0.6) is 0 Å². The van der Waals surface area contributed by atoms with Gasteiger partial charge in [-0.15, -0.1) is 11.3 Å². The summed E-state index contributed by atoms with van der Waals surface area (Å²) in [5, 5.41) is 14.3. The highest BCUT2D eigenvalue weighted by Crippen LogP contribution is 2.23. The Kier molecular flexibility index (Phi) is 5.94. The highest BCUT2D eigenvalue weighted by molar-refractivity contribution is 8.00. The third kappa shape index (κ3) is 4.65. The fourth-order valence-corrected chi connectivity index (χ4v) is 3.16. The van der Waals surface area contributed by atoms with Gasteiger partial charge in [-0.05, 0) is 26.3 Å². The molecule has 0 amide bonds. The van der Waals surface area contributed by atoms with Crippen molar-refractivity contribution in [3.8, 4) is 0 Å². The fraction of sp³-hybridized carbons (Fsp3) is 0.636. The number of nitrogens with one attached hydrogen (secondary N) is 1. The van der Waals surface area contributed by atoms with Gasteiger partial charge in [0.25, 0.3) is 0 Å². The summed E-state index contributed by atoms with van der Waals surface area (Å²) in [5.74, 6) is -0.0294. The molecule has 1 aromatic rings. The summed E-state index contributed by atoms with van der Waals surface area (Å²) in [6.07, 6.45) is 3.29. The van der Waals surface area contributed by atoms with Crippen molar-refractivity contribution >= 4 is 29.1 Å². The van der Waals surface area contributed by atoms with E-state index in [-0.39, 0.29) is 0 Å². The number of thiazole rings is 1. The summed E-state index contributed by atoms with van der Waals surface area (Å²) < 4.78 is 0.994. The molecule has 6 heteroatoms. The zero-order valence-electron chi connectivity index (χ0n) is 10.1. The van der Waals surface area contributed by atoms with Crippen molar-refractivity contribution in [1.29, 1.82) is 0 Å². The number of aromatic nitrogens is 1. The van der Waals surface area contributed by atoms with Gasteiger partial charge in [0.1, 0.15) is 9.88 Å². The van der Waals surface area contributed by atoms with E-state index >= 15 is 0 Å². The van der Waals surface area contributed by atoms with Gasteiger partial charge in [0.2, 0.25) is 0 Å². The summed E-state index contributed by atoms with van der Waals surface area (Å²) in [6, 6.07) is 0. The number of hydrogen-bond acceptors (Lipinski definition) is 5. The Morgan fingerprint density at radius 1 is 1.71 bits per heavy atom. The zero-order valence-corrected chi connectivity index (χ0v) is 11.7. The number of rotatable bonds is 8. The Morgan fingerprint density at radius 3 is 3.00 bits per heavy atom. The molecule has 0 aliphatic heterocycles. The number of carboxylic acid groups (broad SMARTS) is 1. The molecule has 0 bridgehead atoms. The van der Waals surface area contributed by atoms with E-state index in [4.69, 9.17) is 0 Å². The number of aliphatic carboxylic acids is 1. The Labute approximate surface area is 110 Å². The molecule has 96 valence electrons. The molecule has 0 radical (unpaired) electrons. The van der Waals surface area contributed by atoms with E-state index in [1.54, 1.807) is 36.2 Å². The molecule has 0 aliphatic carbocycles. The third-order valence-corrected chi connectivity index (χ3v) is 4.44. The summed E-state index contributed by atoms with van der Waals surface area (Å²) in [6.45, 7) is 4.50. The molecule has 0 saturated carbocycles. The molecule has 1 unspecified atom stereocenters. The average Bonchev–Trinajstić information content (AvgIpc) is 2.79. The monoisotopic (exact) mass is 274 g/mol. The number of hydrogen-bond donors (Lipinski definition) is 2. The lowest BCUT2D eigenvalue weighted by atomic mass is 9.99. The maximum Gasteiger partial charge on any atom is 0.323 e. The first-order valence-corrected chi connectivity index (χ1v) is 7.45. The van der Waals surface area contributed by atoms with Gasteiger partial charge in [0.15, 0.2) is 0 Å². The van der Waals surface area contributed by atoms with Crippen LogP contribution in [0.15, 0.2) is 15.9 Å². The Balaban J connectivity index is 2.41. The van der Waals surface area contributed by atoms with Crippen molar-refractivity contribution < 1.29 is 9.90 Å². The first-order chi connectivity index (χ1) is 8.08. The van der Waals surface area contributed by atoms with Crippen LogP contribution >= 0.6 is 23.1 Å². The minimum atomic E-state index is -0.833. The summed E-state index contributed by atoms with van der Waals surface area (Å²) in [4.78, 5) is 15.4. The van der Waals surface area contributed by atoms with E-state index in [1.807, 2.05) is 12.3 Å². The van der Waals surface area contributed by atoms with Crippen LogP contribution in [0.4, 0.5) is 0 Å². The predicted molar refractivity (Wildman–Crippen MR) is 71.8 cm³/mol. The SMILES string of the molecule is CCCNC(C)(CCSc1nccs1)C(=O)O.